The van der Waals surface area contributed by atoms with Crippen LogP contribution >= 0.6 is 35.3 Å². The third-order valence-corrected chi connectivity index (χ3v) is 4.31. The minimum atomic E-state index is 0. The van der Waals surface area contributed by atoms with Crippen molar-refractivity contribution in [3.63, 3.8) is 0 Å². The summed E-state index contributed by atoms with van der Waals surface area (Å²) >= 11 is 1.64. The van der Waals surface area contributed by atoms with Crippen molar-refractivity contribution >= 4 is 46.4 Å². The lowest BCUT2D eigenvalue weighted by atomic mass is 10.2. The number of furan rings is 1. The second-order valence-electron chi connectivity index (χ2n) is 5.50. The van der Waals surface area contributed by atoms with E-state index >= 15 is 0 Å². The third-order valence-electron chi connectivity index (χ3n) is 3.25. The Morgan fingerprint density at radius 1 is 1.33 bits per heavy atom. The molecule has 0 radical (unpaired) electrons. The van der Waals surface area contributed by atoms with Crippen molar-refractivity contribution in [2.45, 2.75) is 33.9 Å². The summed E-state index contributed by atoms with van der Waals surface area (Å²) in [6.07, 6.45) is 0. The zero-order chi connectivity index (χ0) is 16.8. The fourth-order valence-corrected chi connectivity index (χ4v) is 2.86. The van der Waals surface area contributed by atoms with Crippen LogP contribution < -0.4 is 15.5 Å². The van der Waals surface area contributed by atoms with Crippen molar-refractivity contribution in [2.24, 2.45) is 4.99 Å². The second-order valence-corrected chi connectivity index (χ2v) is 6.34. The number of aromatic nitrogens is 1. The smallest absolute Gasteiger partial charge is 0.191 e. The maximum Gasteiger partial charge on any atom is 0.191 e. The van der Waals surface area contributed by atoms with E-state index in [1.807, 2.05) is 38.9 Å². The zero-order valence-corrected chi connectivity index (χ0v) is 18.0. The predicted molar refractivity (Wildman–Crippen MR) is 112 cm³/mol. The molecule has 8 heteroatoms. The van der Waals surface area contributed by atoms with E-state index in [4.69, 9.17) is 4.42 Å². The van der Waals surface area contributed by atoms with Crippen LogP contribution in [0, 0.1) is 13.8 Å². The Kier molecular flexibility index (Phi) is 8.54. The monoisotopic (exact) mass is 463 g/mol. The van der Waals surface area contributed by atoms with Crippen LogP contribution in [0.1, 0.15) is 29.7 Å². The minimum Gasteiger partial charge on any atom is -0.466 e. The van der Waals surface area contributed by atoms with Crippen molar-refractivity contribution in [1.29, 1.82) is 0 Å². The van der Waals surface area contributed by atoms with Crippen molar-refractivity contribution < 1.29 is 4.42 Å². The molecule has 0 aliphatic rings. The van der Waals surface area contributed by atoms with E-state index in [1.165, 1.54) is 0 Å². The summed E-state index contributed by atoms with van der Waals surface area (Å²) in [7, 11) is 3.99. The van der Waals surface area contributed by atoms with Crippen LogP contribution in [0.3, 0.4) is 0 Å². The molecule has 0 bridgehead atoms. The molecule has 2 aromatic rings. The van der Waals surface area contributed by atoms with Gasteiger partial charge in [-0.1, -0.05) is 0 Å². The van der Waals surface area contributed by atoms with Gasteiger partial charge in [0.1, 0.15) is 11.5 Å². The van der Waals surface area contributed by atoms with Crippen LogP contribution in [0.2, 0.25) is 0 Å². The number of hydrogen-bond donors (Lipinski definition) is 2. The molecule has 2 N–H and O–H groups in total. The maximum atomic E-state index is 5.54. The normalized spacial score (nSPS) is 11.1. The quantitative estimate of drug-likeness (QED) is 0.391. The number of guanidine groups is 1. The first-order valence-corrected chi connectivity index (χ1v) is 8.57. The molecule has 0 aliphatic heterocycles. The zero-order valence-electron chi connectivity index (χ0n) is 14.8. The summed E-state index contributed by atoms with van der Waals surface area (Å²) in [4.78, 5) is 11.2. The molecule has 0 saturated carbocycles. The number of nitrogens with zero attached hydrogens (tertiary/aromatic N) is 3. The summed E-state index contributed by atoms with van der Waals surface area (Å²) in [6, 6.07) is 2.03. The highest BCUT2D eigenvalue weighted by Gasteiger charge is 2.06. The molecule has 0 spiro atoms. The largest absolute Gasteiger partial charge is 0.466 e. The van der Waals surface area contributed by atoms with Crippen LogP contribution in [-0.4, -0.2) is 31.6 Å². The van der Waals surface area contributed by atoms with Gasteiger partial charge in [0.05, 0.1) is 18.8 Å². The standard InChI is InChI=1S/C16H25N5OS.HI/c1-6-17-15(18-8-13-7-11(2)22-12(13)3)19-9-14-10-23-16(20-14)21(4)5;/h7,10H,6,8-9H2,1-5H3,(H2,17,18,19);1H. The third kappa shape index (κ3) is 5.97. The predicted octanol–water partition coefficient (Wildman–Crippen LogP) is 3.29. The van der Waals surface area contributed by atoms with Crippen LogP contribution in [-0.2, 0) is 13.1 Å². The lowest BCUT2D eigenvalue weighted by molar-refractivity contribution is 0.501. The molecule has 134 valence electrons. The van der Waals surface area contributed by atoms with E-state index in [0.717, 1.165) is 40.4 Å². The Morgan fingerprint density at radius 2 is 2.08 bits per heavy atom. The number of aliphatic imine (C=N–C) groups is 1. The van der Waals surface area contributed by atoms with E-state index in [2.05, 4.69) is 32.9 Å². The van der Waals surface area contributed by atoms with Gasteiger partial charge in [0, 0.05) is 31.6 Å². The van der Waals surface area contributed by atoms with Gasteiger partial charge in [-0.25, -0.2) is 9.98 Å². The SMILES string of the molecule is CCNC(=NCc1cc(C)oc1C)NCc1csc(N(C)C)n1.I. The molecule has 0 aliphatic carbocycles. The number of nitrogens with one attached hydrogen (secondary N) is 2. The number of thiazole rings is 1. The Morgan fingerprint density at radius 3 is 2.62 bits per heavy atom. The first kappa shape index (κ1) is 20.8. The average Bonchev–Trinajstić information content (AvgIpc) is 3.08. The molecule has 2 heterocycles. The molecule has 0 amide bonds. The summed E-state index contributed by atoms with van der Waals surface area (Å²) in [6.45, 7) is 8.04. The number of aryl methyl sites for hydroxylation is 2. The minimum absolute atomic E-state index is 0. The second kappa shape index (κ2) is 9.87. The molecule has 6 nitrogen and oxygen atoms in total. The van der Waals surface area contributed by atoms with Crippen molar-refractivity contribution in [3.8, 4) is 0 Å². The van der Waals surface area contributed by atoms with Gasteiger partial charge in [0.15, 0.2) is 11.1 Å². The maximum absolute atomic E-state index is 5.54. The van der Waals surface area contributed by atoms with Crippen molar-refractivity contribution in [3.05, 3.63) is 34.2 Å². The Labute approximate surface area is 164 Å². The molecule has 24 heavy (non-hydrogen) atoms. The highest BCUT2D eigenvalue weighted by Crippen LogP contribution is 2.17. The average molecular weight is 463 g/mol. The first-order valence-electron chi connectivity index (χ1n) is 7.69. The fraction of sp³-hybridized carbons (Fsp3) is 0.500. The van der Waals surface area contributed by atoms with Crippen LogP contribution in [0.5, 0.6) is 0 Å². The molecule has 2 aromatic heterocycles. The first-order chi connectivity index (χ1) is 11.0. The Balaban J connectivity index is 0.00000288. The van der Waals surface area contributed by atoms with Crippen LogP contribution in [0.15, 0.2) is 20.9 Å². The topological polar surface area (TPSA) is 65.7 Å². The highest BCUT2D eigenvalue weighted by atomic mass is 127. The van der Waals surface area contributed by atoms with E-state index in [0.29, 0.717) is 13.1 Å². The number of anilines is 1. The molecule has 0 saturated heterocycles. The van der Waals surface area contributed by atoms with E-state index in [1.54, 1.807) is 11.3 Å². The van der Waals surface area contributed by atoms with Gasteiger partial charge in [-0.3, -0.25) is 0 Å². The lowest BCUT2D eigenvalue weighted by Crippen LogP contribution is -2.36. The summed E-state index contributed by atoms with van der Waals surface area (Å²) in [5.74, 6) is 2.63. The molecular formula is C16H26IN5OS. The number of hydrogen-bond acceptors (Lipinski definition) is 5. The Hall–Kier alpha value is -1.29. The van der Waals surface area contributed by atoms with Gasteiger partial charge in [-0.15, -0.1) is 35.3 Å². The van der Waals surface area contributed by atoms with Crippen LogP contribution in [0.25, 0.3) is 0 Å². The van der Waals surface area contributed by atoms with E-state index in [-0.39, 0.29) is 24.0 Å². The molecular weight excluding hydrogens is 437 g/mol. The number of rotatable bonds is 6. The van der Waals surface area contributed by atoms with Crippen molar-refractivity contribution in [1.82, 2.24) is 15.6 Å². The summed E-state index contributed by atoms with van der Waals surface area (Å²) < 4.78 is 5.54. The van der Waals surface area contributed by atoms with E-state index in [9.17, 15) is 0 Å². The summed E-state index contributed by atoms with van der Waals surface area (Å²) in [5.41, 5.74) is 2.13. The molecule has 0 atom stereocenters. The molecule has 0 unspecified atom stereocenters. The van der Waals surface area contributed by atoms with Gasteiger partial charge < -0.3 is 20.0 Å². The molecule has 2 rings (SSSR count). The van der Waals surface area contributed by atoms with Crippen molar-refractivity contribution in [2.75, 3.05) is 25.5 Å². The van der Waals surface area contributed by atoms with Gasteiger partial charge in [-0.2, -0.15) is 0 Å². The Bertz CT molecular complexity index is 665. The summed E-state index contributed by atoms with van der Waals surface area (Å²) in [5, 5.41) is 9.64. The van der Waals surface area contributed by atoms with Gasteiger partial charge >= 0.3 is 0 Å². The van der Waals surface area contributed by atoms with E-state index < -0.39 is 0 Å². The lowest BCUT2D eigenvalue weighted by Gasteiger charge is -2.10. The fourth-order valence-electron chi connectivity index (χ4n) is 2.10. The van der Waals surface area contributed by atoms with Gasteiger partial charge in [-0.05, 0) is 26.8 Å². The number of halogens is 1. The molecule has 0 aromatic carbocycles. The van der Waals surface area contributed by atoms with Gasteiger partial charge in [0.2, 0.25) is 0 Å². The van der Waals surface area contributed by atoms with Gasteiger partial charge in [0.25, 0.3) is 0 Å². The molecule has 0 fully saturated rings. The van der Waals surface area contributed by atoms with Crippen LogP contribution in [0.4, 0.5) is 5.13 Å². The highest BCUT2D eigenvalue weighted by molar-refractivity contribution is 14.0.